The zero-order valence-electron chi connectivity index (χ0n) is 11.6. The first-order valence-corrected chi connectivity index (χ1v) is 6.17. The van der Waals surface area contributed by atoms with E-state index in [-0.39, 0.29) is 17.5 Å². The van der Waals surface area contributed by atoms with Gasteiger partial charge in [0.2, 0.25) is 0 Å². The minimum Gasteiger partial charge on any atom is -0.496 e. The van der Waals surface area contributed by atoms with Gasteiger partial charge in [0, 0.05) is 18.2 Å². The molecule has 1 N–H and O–H groups in total. The summed E-state index contributed by atoms with van der Waals surface area (Å²) in [6.45, 7) is 0. The number of rotatable bonds is 4. The van der Waals surface area contributed by atoms with Gasteiger partial charge in [-0.05, 0) is 23.8 Å². The Hall–Kier alpha value is -2.63. The molecular formula is C15H14FNO4. The normalized spacial score (nSPS) is 10.2. The Morgan fingerprint density at radius 2 is 2.00 bits per heavy atom. The van der Waals surface area contributed by atoms with Gasteiger partial charge in [-0.15, -0.1) is 0 Å². The Kier molecular flexibility index (Phi) is 4.37. The molecule has 0 aliphatic heterocycles. The molecule has 0 fully saturated rings. The van der Waals surface area contributed by atoms with Crippen LogP contribution in [0, 0.1) is 5.82 Å². The average molecular weight is 291 g/mol. The minimum absolute atomic E-state index is 0.192. The van der Waals surface area contributed by atoms with E-state index >= 15 is 0 Å². The van der Waals surface area contributed by atoms with Crippen LogP contribution in [0.25, 0.3) is 0 Å². The number of hydrogen-bond donors (Lipinski definition) is 1. The summed E-state index contributed by atoms with van der Waals surface area (Å²) in [7, 11) is 2.74. The Balaban J connectivity index is 2.38. The van der Waals surface area contributed by atoms with Crippen LogP contribution in [0.15, 0.2) is 35.3 Å². The van der Waals surface area contributed by atoms with Crippen LogP contribution < -0.4 is 10.3 Å². The van der Waals surface area contributed by atoms with Gasteiger partial charge < -0.3 is 14.5 Å². The molecule has 21 heavy (non-hydrogen) atoms. The second-order valence-corrected chi connectivity index (χ2v) is 4.37. The molecule has 0 unspecified atom stereocenters. The first kappa shape index (κ1) is 14.8. The van der Waals surface area contributed by atoms with Gasteiger partial charge in [0.05, 0.1) is 19.8 Å². The van der Waals surface area contributed by atoms with Crippen LogP contribution in [-0.4, -0.2) is 25.2 Å². The Labute approximate surface area is 120 Å². The number of carbonyl (C=O) groups is 1. The minimum atomic E-state index is -0.519. The summed E-state index contributed by atoms with van der Waals surface area (Å²) in [5, 5.41) is 0. The van der Waals surface area contributed by atoms with Crippen molar-refractivity contribution in [3.63, 3.8) is 0 Å². The van der Waals surface area contributed by atoms with Gasteiger partial charge in [-0.25, -0.2) is 9.18 Å². The fourth-order valence-electron chi connectivity index (χ4n) is 1.97. The number of aromatic amines is 1. The van der Waals surface area contributed by atoms with Crippen LogP contribution in [0.4, 0.5) is 4.39 Å². The van der Waals surface area contributed by atoms with Crippen LogP contribution >= 0.6 is 0 Å². The number of pyridine rings is 1. The largest absolute Gasteiger partial charge is 0.496 e. The fourth-order valence-corrected chi connectivity index (χ4v) is 1.97. The van der Waals surface area contributed by atoms with Crippen LogP contribution in [-0.2, 0) is 11.2 Å². The van der Waals surface area contributed by atoms with Crippen molar-refractivity contribution in [2.24, 2.45) is 0 Å². The number of halogens is 1. The lowest BCUT2D eigenvalue weighted by Gasteiger charge is -2.10. The summed E-state index contributed by atoms with van der Waals surface area (Å²) in [4.78, 5) is 25.4. The quantitative estimate of drug-likeness (QED) is 0.874. The summed E-state index contributed by atoms with van der Waals surface area (Å²) >= 11 is 0. The van der Waals surface area contributed by atoms with E-state index in [0.717, 1.165) is 6.20 Å². The molecule has 0 radical (unpaired) electrons. The molecule has 1 aromatic carbocycles. The maximum Gasteiger partial charge on any atom is 0.337 e. The van der Waals surface area contributed by atoms with E-state index in [1.165, 1.54) is 26.4 Å². The van der Waals surface area contributed by atoms with Gasteiger partial charge in [-0.3, -0.25) is 4.79 Å². The van der Waals surface area contributed by atoms with Gasteiger partial charge >= 0.3 is 5.97 Å². The van der Waals surface area contributed by atoms with Crippen molar-refractivity contribution in [2.75, 3.05) is 14.2 Å². The molecule has 6 heteroatoms. The van der Waals surface area contributed by atoms with Gasteiger partial charge in [0.1, 0.15) is 11.6 Å². The topological polar surface area (TPSA) is 68.4 Å². The number of ether oxygens (including phenoxy) is 2. The van der Waals surface area contributed by atoms with Crippen molar-refractivity contribution < 1.29 is 18.7 Å². The highest BCUT2D eigenvalue weighted by atomic mass is 19.1. The molecule has 1 heterocycles. The standard InChI is InChI=1S/C15H14FNO4/c1-20-13-7-10(15(19)21-2)4-3-9(13)5-11-6-12(16)8-17-14(11)18/h3-4,6-8H,5H2,1-2H3,(H,17,18). The molecule has 110 valence electrons. The van der Waals surface area contributed by atoms with E-state index in [1.54, 1.807) is 12.1 Å². The first-order valence-electron chi connectivity index (χ1n) is 6.17. The third-order valence-corrected chi connectivity index (χ3v) is 3.03. The van der Waals surface area contributed by atoms with Crippen LogP contribution in [0.3, 0.4) is 0 Å². The second kappa shape index (κ2) is 6.21. The fraction of sp³-hybridized carbons (Fsp3) is 0.200. The average Bonchev–Trinajstić information content (AvgIpc) is 2.50. The Morgan fingerprint density at radius 1 is 1.24 bits per heavy atom. The van der Waals surface area contributed by atoms with Crippen LogP contribution in [0.1, 0.15) is 21.5 Å². The van der Waals surface area contributed by atoms with Crippen LogP contribution in [0.5, 0.6) is 5.75 Å². The summed E-state index contributed by atoms with van der Waals surface area (Å²) in [5.41, 5.74) is 0.919. The zero-order chi connectivity index (χ0) is 15.4. The summed E-state index contributed by atoms with van der Waals surface area (Å²) in [6.07, 6.45) is 1.20. The van der Waals surface area contributed by atoms with Crippen molar-refractivity contribution in [1.82, 2.24) is 4.98 Å². The molecule has 0 saturated carbocycles. The van der Waals surface area contributed by atoms with E-state index in [1.807, 2.05) is 0 Å². The third kappa shape index (κ3) is 3.28. The number of benzene rings is 1. The van der Waals surface area contributed by atoms with E-state index in [9.17, 15) is 14.0 Å². The number of H-pyrrole nitrogens is 1. The van der Waals surface area contributed by atoms with Gasteiger partial charge in [-0.2, -0.15) is 0 Å². The number of esters is 1. The molecule has 2 aromatic rings. The van der Waals surface area contributed by atoms with Crippen molar-refractivity contribution in [3.8, 4) is 5.75 Å². The monoisotopic (exact) mass is 291 g/mol. The molecule has 0 aliphatic carbocycles. The molecule has 5 nitrogen and oxygen atoms in total. The van der Waals surface area contributed by atoms with E-state index in [0.29, 0.717) is 16.9 Å². The number of aromatic nitrogens is 1. The van der Waals surface area contributed by atoms with Gasteiger partial charge in [0.25, 0.3) is 5.56 Å². The van der Waals surface area contributed by atoms with E-state index < -0.39 is 11.8 Å². The number of hydrogen-bond acceptors (Lipinski definition) is 4. The summed E-state index contributed by atoms with van der Waals surface area (Å²) < 4.78 is 23.0. The van der Waals surface area contributed by atoms with Crippen molar-refractivity contribution in [3.05, 3.63) is 63.3 Å². The van der Waals surface area contributed by atoms with Gasteiger partial charge in [-0.1, -0.05) is 6.07 Å². The predicted molar refractivity (Wildman–Crippen MR) is 74.2 cm³/mol. The summed E-state index contributed by atoms with van der Waals surface area (Å²) in [5.74, 6) is -0.570. The van der Waals surface area contributed by atoms with Crippen molar-refractivity contribution >= 4 is 5.97 Å². The molecule has 0 atom stereocenters. The lowest BCUT2D eigenvalue weighted by Crippen LogP contribution is -2.13. The molecule has 0 spiro atoms. The highest BCUT2D eigenvalue weighted by Gasteiger charge is 2.12. The molecule has 0 amide bonds. The van der Waals surface area contributed by atoms with E-state index in [2.05, 4.69) is 9.72 Å². The second-order valence-electron chi connectivity index (χ2n) is 4.37. The lowest BCUT2D eigenvalue weighted by molar-refractivity contribution is 0.0600. The zero-order valence-corrected chi connectivity index (χ0v) is 11.6. The summed E-state index contributed by atoms with van der Waals surface area (Å²) in [6, 6.07) is 5.91. The van der Waals surface area contributed by atoms with Gasteiger partial charge in [0.15, 0.2) is 0 Å². The predicted octanol–water partition coefficient (Wildman–Crippen LogP) is 1.90. The molecule has 0 aliphatic rings. The maximum atomic E-state index is 13.2. The lowest BCUT2D eigenvalue weighted by atomic mass is 10.0. The molecule has 0 bridgehead atoms. The van der Waals surface area contributed by atoms with Crippen molar-refractivity contribution in [1.29, 1.82) is 0 Å². The third-order valence-electron chi connectivity index (χ3n) is 3.03. The Morgan fingerprint density at radius 3 is 2.67 bits per heavy atom. The molecular weight excluding hydrogens is 277 g/mol. The Bertz CT molecular complexity index is 724. The van der Waals surface area contributed by atoms with Crippen molar-refractivity contribution in [2.45, 2.75) is 6.42 Å². The maximum absolute atomic E-state index is 13.2. The first-order chi connectivity index (χ1) is 10.0. The number of methoxy groups -OCH3 is 2. The number of carbonyl (C=O) groups excluding carboxylic acids is 1. The highest BCUT2D eigenvalue weighted by molar-refractivity contribution is 5.89. The SMILES string of the molecule is COC(=O)c1ccc(Cc2cc(F)c[nH]c2=O)c(OC)c1. The molecule has 0 saturated heterocycles. The number of nitrogens with one attached hydrogen (secondary N) is 1. The smallest absolute Gasteiger partial charge is 0.337 e. The van der Waals surface area contributed by atoms with E-state index in [4.69, 9.17) is 4.74 Å². The van der Waals surface area contributed by atoms with Crippen LogP contribution in [0.2, 0.25) is 0 Å². The molecule has 2 rings (SSSR count). The highest BCUT2D eigenvalue weighted by Crippen LogP contribution is 2.23. The molecule has 1 aromatic heterocycles.